The Morgan fingerprint density at radius 3 is 1.20 bits per heavy atom. The molecule has 0 spiro atoms. The smallest absolute Gasteiger partial charge is 0.0462 e. The molecule has 0 aliphatic heterocycles. The topological polar surface area (TPSA) is 3.24 Å². The molecule has 0 radical (unpaired) electrons. The monoisotopic (exact) mass is 657 g/mol. The number of para-hydroxylation sites is 1. The minimum absolute atomic E-state index is 1.09. The van der Waals surface area contributed by atoms with Gasteiger partial charge in [-0.25, -0.2) is 0 Å². The van der Waals surface area contributed by atoms with Gasteiger partial charge in [0.15, 0.2) is 0 Å². The van der Waals surface area contributed by atoms with Crippen LogP contribution in [0.1, 0.15) is 47.9 Å². The van der Waals surface area contributed by atoms with Gasteiger partial charge in [0.1, 0.15) is 0 Å². The summed E-state index contributed by atoms with van der Waals surface area (Å²) in [5.41, 5.74) is 13.2. The standard InChI is InChI=1S/C50H43N/c1-6-20-42(21-7-1)49(43-22-8-2-9-23-43)30-16-18-40-32-36-47(37-33-40)51(46-28-14-5-15-29-46)48-38-34-41(35-39-48)19-17-31-50(44-24-10-3-11-25-44)45-26-12-4-13-27-45/h1,3,5-8,10-12,14-39H,2,4,9,13H2/b18-16+,19-17+,49-30-,50-31+. The highest BCUT2D eigenvalue weighted by molar-refractivity contribution is 5.85. The molecule has 5 aromatic rings. The van der Waals surface area contributed by atoms with E-state index in [1.807, 2.05) is 0 Å². The number of rotatable bonds is 11. The van der Waals surface area contributed by atoms with Gasteiger partial charge >= 0.3 is 0 Å². The number of allylic oxidation sites excluding steroid dienone is 14. The van der Waals surface area contributed by atoms with Gasteiger partial charge in [-0.2, -0.15) is 0 Å². The maximum atomic E-state index is 2.34. The summed E-state index contributed by atoms with van der Waals surface area (Å²) >= 11 is 0. The largest absolute Gasteiger partial charge is 0.311 e. The Balaban J connectivity index is 1.11. The summed E-state index contributed by atoms with van der Waals surface area (Å²) in [5, 5.41) is 0. The van der Waals surface area contributed by atoms with Crippen LogP contribution < -0.4 is 4.90 Å². The summed E-state index contributed by atoms with van der Waals surface area (Å²) in [5.74, 6) is 0. The third-order valence-corrected chi connectivity index (χ3v) is 9.20. The first-order valence-electron chi connectivity index (χ1n) is 18.0. The molecule has 5 aromatic carbocycles. The van der Waals surface area contributed by atoms with Crippen molar-refractivity contribution >= 4 is 40.4 Å². The Morgan fingerprint density at radius 1 is 0.412 bits per heavy atom. The molecule has 2 aliphatic rings. The van der Waals surface area contributed by atoms with Crippen LogP contribution in [-0.2, 0) is 0 Å². The van der Waals surface area contributed by atoms with E-state index in [0.29, 0.717) is 0 Å². The first-order valence-corrected chi connectivity index (χ1v) is 18.0. The molecule has 0 saturated carbocycles. The molecule has 0 bridgehead atoms. The third kappa shape index (κ3) is 8.71. The summed E-state index contributed by atoms with van der Waals surface area (Å²) in [4.78, 5) is 2.31. The number of benzene rings is 5. The van der Waals surface area contributed by atoms with Crippen LogP contribution in [0.15, 0.2) is 211 Å². The molecule has 1 nitrogen and oxygen atoms in total. The van der Waals surface area contributed by atoms with E-state index in [4.69, 9.17) is 0 Å². The predicted octanol–water partition coefficient (Wildman–Crippen LogP) is 13.9. The average Bonchev–Trinajstić information content (AvgIpc) is 3.21. The maximum Gasteiger partial charge on any atom is 0.0462 e. The van der Waals surface area contributed by atoms with Gasteiger partial charge in [0.2, 0.25) is 0 Å². The lowest BCUT2D eigenvalue weighted by atomic mass is 9.93. The average molecular weight is 658 g/mol. The summed E-state index contributed by atoms with van der Waals surface area (Å²) in [6.45, 7) is 0. The second-order valence-electron chi connectivity index (χ2n) is 12.7. The normalized spacial score (nSPS) is 14.9. The minimum atomic E-state index is 1.09. The molecule has 0 fully saturated rings. The molecule has 0 aromatic heterocycles. The number of hydrogen-bond acceptors (Lipinski definition) is 1. The summed E-state index contributed by atoms with van der Waals surface area (Å²) in [7, 11) is 0. The number of anilines is 3. The third-order valence-electron chi connectivity index (χ3n) is 9.20. The molecule has 51 heavy (non-hydrogen) atoms. The van der Waals surface area contributed by atoms with E-state index < -0.39 is 0 Å². The van der Waals surface area contributed by atoms with Crippen LogP contribution in [0.25, 0.3) is 23.3 Å². The molecule has 0 N–H and O–H groups in total. The van der Waals surface area contributed by atoms with Gasteiger partial charge < -0.3 is 4.90 Å². The lowest BCUT2D eigenvalue weighted by Crippen LogP contribution is -2.09. The van der Waals surface area contributed by atoms with E-state index in [1.54, 1.807) is 0 Å². The first kappa shape index (κ1) is 33.3. The van der Waals surface area contributed by atoms with E-state index in [9.17, 15) is 0 Å². The summed E-state index contributed by atoms with van der Waals surface area (Å²) in [6.07, 6.45) is 31.3. The highest BCUT2D eigenvalue weighted by atomic mass is 15.1. The van der Waals surface area contributed by atoms with E-state index >= 15 is 0 Å². The van der Waals surface area contributed by atoms with E-state index in [2.05, 4.69) is 217 Å². The molecule has 248 valence electrons. The Morgan fingerprint density at radius 2 is 0.804 bits per heavy atom. The highest BCUT2D eigenvalue weighted by Gasteiger charge is 2.12. The van der Waals surface area contributed by atoms with Gasteiger partial charge in [0.05, 0.1) is 0 Å². The van der Waals surface area contributed by atoms with Gasteiger partial charge in [-0.15, -0.1) is 0 Å². The molecule has 2 aliphatic carbocycles. The molecule has 7 rings (SSSR count). The zero-order valence-electron chi connectivity index (χ0n) is 29.0. The molecular formula is C50H43N. The van der Waals surface area contributed by atoms with Crippen molar-refractivity contribution in [2.75, 3.05) is 4.90 Å². The molecule has 0 unspecified atom stereocenters. The van der Waals surface area contributed by atoms with Crippen LogP contribution in [0.4, 0.5) is 17.1 Å². The van der Waals surface area contributed by atoms with Crippen molar-refractivity contribution in [1.82, 2.24) is 0 Å². The van der Waals surface area contributed by atoms with Crippen molar-refractivity contribution in [1.29, 1.82) is 0 Å². The van der Waals surface area contributed by atoms with E-state index in [1.165, 1.54) is 33.4 Å². The van der Waals surface area contributed by atoms with E-state index in [0.717, 1.165) is 53.9 Å². The molecule has 0 heterocycles. The second kappa shape index (κ2) is 17.0. The summed E-state index contributed by atoms with van der Waals surface area (Å²) in [6, 6.07) is 49.5. The van der Waals surface area contributed by atoms with Gasteiger partial charge in [0.25, 0.3) is 0 Å². The second-order valence-corrected chi connectivity index (χ2v) is 12.7. The Hall–Kier alpha value is -6.18. The van der Waals surface area contributed by atoms with Crippen LogP contribution in [-0.4, -0.2) is 0 Å². The fourth-order valence-electron chi connectivity index (χ4n) is 6.58. The lowest BCUT2D eigenvalue weighted by molar-refractivity contribution is 1.03. The fraction of sp³-hybridized carbons (Fsp3) is 0.0800. The predicted molar refractivity (Wildman–Crippen MR) is 221 cm³/mol. The van der Waals surface area contributed by atoms with Gasteiger partial charge in [0, 0.05) is 17.1 Å². The van der Waals surface area contributed by atoms with Gasteiger partial charge in [-0.05, 0) is 107 Å². The van der Waals surface area contributed by atoms with Crippen molar-refractivity contribution in [2.24, 2.45) is 0 Å². The molecular weight excluding hydrogens is 615 g/mol. The SMILES string of the molecule is C1=CC(/C(=C\C=C\c2ccc(N(c3ccccc3)c3ccc(/C=C/C=C(/C4=CCCC=C4)c4ccccc4)cc3)cc2)c2ccccc2)=CCC1. The Labute approximate surface area is 303 Å². The van der Waals surface area contributed by atoms with Crippen LogP contribution >= 0.6 is 0 Å². The van der Waals surface area contributed by atoms with Crippen LogP contribution in [0.2, 0.25) is 0 Å². The quantitative estimate of drug-likeness (QED) is 0.128. The molecule has 0 saturated heterocycles. The van der Waals surface area contributed by atoms with Crippen molar-refractivity contribution < 1.29 is 0 Å². The molecule has 0 atom stereocenters. The minimum Gasteiger partial charge on any atom is -0.311 e. The zero-order chi connectivity index (χ0) is 34.5. The van der Waals surface area contributed by atoms with Crippen molar-refractivity contribution in [3.8, 4) is 0 Å². The highest BCUT2D eigenvalue weighted by Crippen LogP contribution is 2.35. The van der Waals surface area contributed by atoms with E-state index in [-0.39, 0.29) is 0 Å². The van der Waals surface area contributed by atoms with Crippen LogP contribution in [0.5, 0.6) is 0 Å². The zero-order valence-corrected chi connectivity index (χ0v) is 29.0. The van der Waals surface area contributed by atoms with Gasteiger partial charge in [-0.1, -0.05) is 176 Å². The first-order chi connectivity index (χ1) is 25.3. The van der Waals surface area contributed by atoms with Crippen molar-refractivity contribution in [3.63, 3.8) is 0 Å². The molecule has 0 amide bonds. The summed E-state index contributed by atoms with van der Waals surface area (Å²) < 4.78 is 0. The number of nitrogens with zero attached hydrogens (tertiary/aromatic N) is 1. The van der Waals surface area contributed by atoms with Crippen LogP contribution in [0, 0.1) is 0 Å². The maximum absolute atomic E-state index is 2.34. The Kier molecular flexibility index (Phi) is 11.1. The van der Waals surface area contributed by atoms with Crippen molar-refractivity contribution in [3.05, 3.63) is 234 Å². The van der Waals surface area contributed by atoms with Crippen LogP contribution in [0.3, 0.4) is 0 Å². The lowest BCUT2D eigenvalue weighted by Gasteiger charge is -2.25. The fourth-order valence-corrected chi connectivity index (χ4v) is 6.58. The Bertz CT molecular complexity index is 2000. The number of hydrogen-bond donors (Lipinski definition) is 0. The van der Waals surface area contributed by atoms with Crippen molar-refractivity contribution in [2.45, 2.75) is 25.7 Å². The van der Waals surface area contributed by atoms with Gasteiger partial charge in [-0.3, -0.25) is 0 Å². The molecule has 1 heteroatoms.